The maximum atomic E-state index is 5.11. The molecule has 2 aromatic heterocycles. The number of fused-ring (bicyclic) bond motifs is 1. The first-order chi connectivity index (χ1) is 16.7. The molecule has 8 rings (SSSR count). The van der Waals surface area contributed by atoms with Crippen LogP contribution in [0.5, 0.6) is 0 Å². The van der Waals surface area contributed by atoms with Gasteiger partial charge in [-0.3, -0.25) is 0 Å². The third-order valence-corrected chi connectivity index (χ3v) is 10.0. The molecule has 0 spiro atoms. The standard InChI is InChI=1S/C28H30N4S2/c1-2-4-24-23(3-1)31-26(34-24)29-10-9-18-5-7-22(8-6-18)30-27-32-25(17-33-27)28-14-19-11-20(15-28)13-21(12-19)16-28/h1-8,17,19-21H,9-16H2,(H,29,31)(H,30,32). The molecular formula is C28H30N4S2. The molecule has 4 aromatic rings. The van der Waals surface area contributed by atoms with Gasteiger partial charge in [0.05, 0.1) is 15.9 Å². The molecule has 0 unspecified atom stereocenters. The lowest BCUT2D eigenvalue weighted by molar-refractivity contribution is -0.00688. The van der Waals surface area contributed by atoms with E-state index in [9.17, 15) is 0 Å². The average molecular weight is 487 g/mol. The van der Waals surface area contributed by atoms with E-state index in [0.717, 1.165) is 52.2 Å². The van der Waals surface area contributed by atoms with Crippen LogP contribution in [0.4, 0.5) is 16.0 Å². The van der Waals surface area contributed by atoms with Crippen molar-refractivity contribution in [3.8, 4) is 0 Å². The van der Waals surface area contributed by atoms with Crippen molar-refractivity contribution in [1.82, 2.24) is 9.97 Å². The number of rotatable bonds is 7. The molecule has 0 aliphatic heterocycles. The first-order valence-corrected chi connectivity index (χ1v) is 14.3. The quantitative estimate of drug-likeness (QED) is 0.282. The Bertz CT molecular complexity index is 1240. The van der Waals surface area contributed by atoms with Gasteiger partial charge in [0.25, 0.3) is 0 Å². The van der Waals surface area contributed by atoms with Crippen LogP contribution in [0.1, 0.15) is 49.8 Å². The normalized spacial score (nSPS) is 27.4. The average Bonchev–Trinajstić information content (AvgIpc) is 3.46. The van der Waals surface area contributed by atoms with Gasteiger partial charge in [-0.25, -0.2) is 9.97 Å². The van der Waals surface area contributed by atoms with Crippen molar-refractivity contribution in [2.45, 2.75) is 50.4 Å². The third-order valence-electron chi connectivity index (χ3n) is 8.27. The highest BCUT2D eigenvalue weighted by Gasteiger charge is 2.52. The van der Waals surface area contributed by atoms with Crippen LogP contribution < -0.4 is 10.6 Å². The van der Waals surface area contributed by atoms with Crippen molar-refractivity contribution in [2.24, 2.45) is 17.8 Å². The minimum atomic E-state index is 0.380. The van der Waals surface area contributed by atoms with E-state index in [1.807, 2.05) is 6.07 Å². The fourth-order valence-corrected chi connectivity index (χ4v) is 8.88. The zero-order valence-corrected chi connectivity index (χ0v) is 20.9. The van der Waals surface area contributed by atoms with Crippen molar-refractivity contribution in [2.75, 3.05) is 17.2 Å². The predicted octanol–water partition coefficient (Wildman–Crippen LogP) is 7.62. The monoisotopic (exact) mass is 486 g/mol. The van der Waals surface area contributed by atoms with Gasteiger partial charge < -0.3 is 10.6 Å². The number of anilines is 3. The number of hydrogen-bond donors (Lipinski definition) is 2. The second-order valence-electron chi connectivity index (χ2n) is 10.7. The van der Waals surface area contributed by atoms with Gasteiger partial charge in [0.1, 0.15) is 0 Å². The summed E-state index contributed by atoms with van der Waals surface area (Å²) in [5.41, 5.74) is 5.27. The van der Waals surface area contributed by atoms with E-state index in [-0.39, 0.29) is 0 Å². The smallest absolute Gasteiger partial charge is 0.187 e. The number of hydrogen-bond acceptors (Lipinski definition) is 6. The number of nitrogens with one attached hydrogen (secondary N) is 2. The number of thiazole rings is 2. The second-order valence-corrected chi connectivity index (χ2v) is 12.6. The van der Waals surface area contributed by atoms with Crippen molar-refractivity contribution in [3.63, 3.8) is 0 Å². The number of aromatic nitrogens is 2. The van der Waals surface area contributed by atoms with Crippen molar-refractivity contribution >= 4 is 48.8 Å². The summed E-state index contributed by atoms with van der Waals surface area (Å²) in [5.74, 6) is 2.88. The topological polar surface area (TPSA) is 49.8 Å². The summed E-state index contributed by atoms with van der Waals surface area (Å²) in [4.78, 5) is 9.77. The van der Waals surface area contributed by atoms with Gasteiger partial charge in [0.15, 0.2) is 10.3 Å². The van der Waals surface area contributed by atoms with Crippen LogP contribution >= 0.6 is 22.7 Å². The molecule has 2 aromatic carbocycles. The Morgan fingerprint density at radius 3 is 2.32 bits per heavy atom. The highest BCUT2D eigenvalue weighted by molar-refractivity contribution is 7.22. The first-order valence-electron chi connectivity index (χ1n) is 12.6. The lowest BCUT2D eigenvalue weighted by Crippen LogP contribution is -2.48. The fourth-order valence-electron chi connectivity index (χ4n) is 7.14. The molecule has 4 nitrogen and oxygen atoms in total. The molecule has 4 aliphatic rings. The first kappa shape index (κ1) is 20.9. The van der Waals surface area contributed by atoms with Gasteiger partial charge in [0.2, 0.25) is 0 Å². The lowest BCUT2D eigenvalue weighted by atomic mass is 9.49. The Kier molecular flexibility index (Phi) is 5.13. The van der Waals surface area contributed by atoms with Crippen molar-refractivity contribution in [1.29, 1.82) is 0 Å². The zero-order chi connectivity index (χ0) is 22.5. The molecule has 174 valence electrons. The van der Waals surface area contributed by atoms with Gasteiger partial charge in [-0.2, -0.15) is 0 Å². The summed E-state index contributed by atoms with van der Waals surface area (Å²) in [7, 11) is 0. The van der Waals surface area contributed by atoms with Crippen LogP contribution in [0, 0.1) is 17.8 Å². The Morgan fingerprint density at radius 1 is 0.853 bits per heavy atom. The highest BCUT2D eigenvalue weighted by atomic mass is 32.1. The molecule has 0 amide bonds. The number of nitrogens with zero attached hydrogens (tertiary/aromatic N) is 2. The van der Waals surface area contributed by atoms with E-state index < -0.39 is 0 Å². The van der Waals surface area contributed by atoms with Crippen LogP contribution in [0.3, 0.4) is 0 Å². The molecule has 0 saturated heterocycles. The van der Waals surface area contributed by atoms with Crippen molar-refractivity contribution in [3.05, 3.63) is 65.2 Å². The highest BCUT2D eigenvalue weighted by Crippen LogP contribution is 2.60. The summed E-state index contributed by atoms with van der Waals surface area (Å²) in [6.45, 7) is 0.882. The Balaban J connectivity index is 0.966. The summed E-state index contributed by atoms with van der Waals surface area (Å²) in [6, 6.07) is 17.1. The predicted molar refractivity (Wildman–Crippen MR) is 144 cm³/mol. The lowest BCUT2D eigenvalue weighted by Gasteiger charge is -2.56. The van der Waals surface area contributed by atoms with E-state index in [1.54, 1.807) is 22.7 Å². The van der Waals surface area contributed by atoms with Crippen LogP contribution in [-0.4, -0.2) is 16.5 Å². The van der Waals surface area contributed by atoms with E-state index >= 15 is 0 Å². The molecule has 4 aliphatic carbocycles. The molecule has 6 heteroatoms. The Labute approximate surface area is 208 Å². The van der Waals surface area contributed by atoms with E-state index in [4.69, 9.17) is 4.98 Å². The summed E-state index contributed by atoms with van der Waals surface area (Å²) in [5, 5.41) is 11.4. The molecular weight excluding hydrogens is 456 g/mol. The van der Waals surface area contributed by atoms with E-state index in [2.05, 4.69) is 63.5 Å². The zero-order valence-electron chi connectivity index (χ0n) is 19.3. The molecule has 34 heavy (non-hydrogen) atoms. The Morgan fingerprint density at radius 2 is 1.59 bits per heavy atom. The molecule has 4 saturated carbocycles. The van der Waals surface area contributed by atoms with Gasteiger partial charge in [0, 0.05) is 23.0 Å². The minimum Gasteiger partial charge on any atom is -0.361 e. The third kappa shape index (κ3) is 3.91. The molecule has 4 bridgehead atoms. The van der Waals surface area contributed by atoms with Gasteiger partial charge in [-0.05, 0) is 92.5 Å². The molecule has 2 heterocycles. The maximum Gasteiger partial charge on any atom is 0.187 e. The van der Waals surface area contributed by atoms with Gasteiger partial charge >= 0.3 is 0 Å². The molecule has 2 N–H and O–H groups in total. The molecule has 4 fully saturated rings. The van der Waals surface area contributed by atoms with E-state index in [1.165, 1.54) is 54.5 Å². The van der Waals surface area contributed by atoms with Crippen LogP contribution in [-0.2, 0) is 11.8 Å². The summed E-state index contributed by atoms with van der Waals surface area (Å²) < 4.78 is 1.23. The minimum absolute atomic E-state index is 0.380. The van der Waals surface area contributed by atoms with Crippen LogP contribution in [0.2, 0.25) is 0 Å². The number of benzene rings is 2. The number of para-hydroxylation sites is 1. The fraction of sp³-hybridized carbons (Fsp3) is 0.429. The van der Waals surface area contributed by atoms with Crippen LogP contribution in [0.25, 0.3) is 10.2 Å². The second kappa shape index (κ2) is 8.35. The largest absolute Gasteiger partial charge is 0.361 e. The molecule has 0 atom stereocenters. The SMILES string of the molecule is c1ccc2sc(NCCc3ccc(Nc4nc(C56CC7CC(CC(C7)C5)C6)cs4)cc3)nc2c1. The maximum absolute atomic E-state index is 5.11. The summed E-state index contributed by atoms with van der Waals surface area (Å²) in [6.07, 6.45) is 9.56. The van der Waals surface area contributed by atoms with Crippen LogP contribution in [0.15, 0.2) is 53.9 Å². The summed E-state index contributed by atoms with van der Waals surface area (Å²) >= 11 is 3.49. The van der Waals surface area contributed by atoms with Gasteiger partial charge in [-0.1, -0.05) is 35.6 Å². The van der Waals surface area contributed by atoms with Crippen molar-refractivity contribution < 1.29 is 0 Å². The van der Waals surface area contributed by atoms with Gasteiger partial charge in [-0.15, -0.1) is 11.3 Å². The van der Waals surface area contributed by atoms with E-state index in [0.29, 0.717) is 5.41 Å². The Hall–Kier alpha value is -2.44. The molecule has 0 radical (unpaired) electrons.